The van der Waals surface area contributed by atoms with Gasteiger partial charge in [0.15, 0.2) is 9.84 Å². The molecular weight excluding hydrogens is 495 g/mol. The van der Waals surface area contributed by atoms with Crippen molar-refractivity contribution < 1.29 is 26.4 Å². The minimum Gasteiger partial charge on any atom is -0.353 e. The predicted molar refractivity (Wildman–Crippen MR) is 128 cm³/mol. The third-order valence-electron chi connectivity index (χ3n) is 6.12. The van der Waals surface area contributed by atoms with Gasteiger partial charge in [-0.1, -0.05) is 6.07 Å². The van der Waals surface area contributed by atoms with E-state index >= 15 is 0 Å². The summed E-state index contributed by atoms with van der Waals surface area (Å²) in [5, 5.41) is 7.31. The minimum absolute atomic E-state index is 0.0249. The number of alkyl halides is 3. The summed E-state index contributed by atoms with van der Waals surface area (Å²) in [6.07, 6.45) is -1.34. The zero-order chi connectivity index (χ0) is 25.8. The molecule has 0 saturated heterocycles. The molecule has 1 saturated carbocycles. The Balaban J connectivity index is 1.55. The first-order valence-electron chi connectivity index (χ1n) is 11.2. The van der Waals surface area contributed by atoms with Crippen molar-refractivity contribution in [2.45, 2.75) is 36.8 Å². The van der Waals surface area contributed by atoms with E-state index in [0.717, 1.165) is 6.26 Å². The standard InChI is InChI=1S/C24H22F3N5O3S/c1-32-6-5-16(31-32)12-3-4-17(22(7-12)36(2,34)35)29-18-8-13(9-21(33)14-10-15(14)25)28-19-11-20(24(26)27)30-23(18)19/h3-8,14-15,24H,9-11H2,1-2H3,(H,28,29)/t14?,15-/m0/s1. The van der Waals surface area contributed by atoms with Crippen LogP contribution in [0.25, 0.3) is 11.3 Å². The lowest BCUT2D eigenvalue weighted by molar-refractivity contribution is -0.120. The first-order chi connectivity index (χ1) is 17.0. The summed E-state index contributed by atoms with van der Waals surface area (Å²) >= 11 is 0. The molecule has 1 N–H and O–H groups in total. The number of aromatic nitrogens is 3. The lowest BCUT2D eigenvalue weighted by Crippen LogP contribution is -2.12. The zero-order valence-electron chi connectivity index (χ0n) is 19.4. The molecule has 8 nitrogen and oxygen atoms in total. The van der Waals surface area contributed by atoms with E-state index in [1.165, 1.54) is 12.1 Å². The zero-order valence-corrected chi connectivity index (χ0v) is 20.2. The topological polar surface area (TPSA) is 106 Å². The van der Waals surface area contributed by atoms with Gasteiger partial charge in [-0.15, -0.1) is 0 Å². The van der Waals surface area contributed by atoms with Crippen LogP contribution in [0.4, 0.5) is 30.2 Å². The molecule has 0 amide bonds. The maximum Gasteiger partial charge on any atom is 0.277 e. The number of ketones is 1. The van der Waals surface area contributed by atoms with Gasteiger partial charge in [0.2, 0.25) is 0 Å². The molecule has 36 heavy (non-hydrogen) atoms. The van der Waals surface area contributed by atoms with Crippen molar-refractivity contribution in [1.29, 1.82) is 0 Å². The summed E-state index contributed by atoms with van der Waals surface area (Å²) < 4.78 is 67.0. The second-order valence-electron chi connectivity index (χ2n) is 9.02. The highest BCUT2D eigenvalue weighted by Crippen LogP contribution is 2.40. The molecule has 3 aromatic rings. The van der Waals surface area contributed by atoms with Crippen LogP contribution in [0.5, 0.6) is 0 Å². The smallest absolute Gasteiger partial charge is 0.277 e. The van der Waals surface area contributed by atoms with Gasteiger partial charge in [0.1, 0.15) is 17.6 Å². The Hall–Kier alpha value is -3.54. The number of rotatable bonds is 8. The highest BCUT2D eigenvalue weighted by molar-refractivity contribution is 7.90. The van der Waals surface area contributed by atoms with Gasteiger partial charge < -0.3 is 5.32 Å². The average Bonchev–Trinajstić information content (AvgIpc) is 3.17. The van der Waals surface area contributed by atoms with Gasteiger partial charge in [0.05, 0.1) is 45.0 Å². The number of fused-ring (bicyclic) bond motifs is 1. The number of Topliss-reactive ketones (excluding diaryl/α,β-unsaturated/α-hetero) is 1. The fourth-order valence-corrected chi connectivity index (χ4v) is 5.04. The third kappa shape index (κ3) is 4.77. The van der Waals surface area contributed by atoms with Crippen LogP contribution in [-0.4, -0.2) is 53.5 Å². The second kappa shape index (κ2) is 8.84. The fraction of sp³-hybridized carbons (Fsp3) is 0.333. The van der Waals surface area contributed by atoms with Gasteiger partial charge >= 0.3 is 0 Å². The molecule has 0 bridgehead atoms. The Morgan fingerprint density at radius 3 is 2.58 bits per heavy atom. The monoisotopic (exact) mass is 517 g/mol. The highest BCUT2D eigenvalue weighted by Gasteiger charge is 2.43. The van der Waals surface area contributed by atoms with E-state index in [0.29, 0.717) is 11.3 Å². The van der Waals surface area contributed by atoms with E-state index in [9.17, 15) is 26.4 Å². The summed E-state index contributed by atoms with van der Waals surface area (Å²) in [4.78, 5) is 20.7. The number of anilines is 2. The van der Waals surface area contributed by atoms with Gasteiger partial charge in [-0.25, -0.2) is 26.6 Å². The average molecular weight is 518 g/mol. The molecular formula is C24H22F3N5O3S. The summed E-state index contributed by atoms with van der Waals surface area (Å²) in [5.74, 6) is -0.981. The molecule has 0 radical (unpaired) electrons. The molecule has 1 aliphatic heterocycles. The molecule has 12 heteroatoms. The van der Waals surface area contributed by atoms with E-state index in [4.69, 9.17) is 0 Å². The van der Waals surface area contributed by atoms with E-state index in [1.807, 2.05) is 0 Å². The minimum atomic E-state index is -3.72. The Bertz CT molecular complexity index is 1520. The Morgan fingerprint density at radius 1 is 1.22 bits per heavy atom. The molecule has 188 valence electrons. The van der Waals surface area contributed by atoms with E-state index < -0.39 is 28.4 Å². The largest absolute Gasteiger partial charge is 0.353 e. The van der Waals surface area contributed by atoms with Crippen molar-refractivity contribution in [2.75, 3.05) is 11.6 Å². The lowest BCUT2D eigenvalue weighted by Gasteiger charge is -2.15. The summed E-state index contributed by atoms with van der Waals surface area (Å²) in [5.41, 5.74) is 1.91. The van der Waals surface area contributed by atoms with Crippen molar-refractivity contribution in [2.24, 2.45) is 18.0 Å². The van der Waals surface area contributed by atoms with E-state index in [2.05, 4.69) is 20.4 Å². The number of hydrogen-bond acceptors (Lipinski definition) is 7. The fourth-order valence-electron chi connectivity index (χ4n) is 4.18. The first-order valence-corrected chi connectivity index (χ1v) is 13.0. The van der Waals surface area contributed by atoms with Crippen molar-refractivity contribution in [3.05, 3.63) is 47.9 Å². The molecule has 1 aliphatic carbocycles. The van der Waals surface area contributed by atoms with Crippen LogP contribution in [0.2, 0.25) is 0 Å². The number of aliphatic imine (C=N–C) groups is 1. The number of aryl methyl sites for hydroxylation is 1. The summed E-state index contributed by atoms with van der Waals surface area (Å²) in [6, 6.07) is 7.95. The number of hydrogen-bond donors (Lipinski definition) is 1. The third-order valence-corrected chi connectivity index (χ3v) is 7.25. The first kappa shape index (κ1) is 24.2. The molecule has 3 heterocycles. The van der Waals surface area contributed by atoms with E-state index in [-0.39, 0.29) is 64.1 Å². The van der Waals surface area contributed by atoms with Crippen molar-refractivity contribution in [3.8, 4) is 11.3 Å². The van der Waals surface area contributed by atoms with Gasteiger partial charge in [0, 0.05) is 37.9 Å². The van der Waals surface area contributed by atoms with Crippen molar-refractivity contribution in [1.82, 2.24) is 14.8 Å². The molecule has 2 atom stereocenters. The Morgan fingerprint density at radius 2 is 1.97 bits per heavy atom. The molecule has 1 aromatic carbocycles. The van der Waals surface area contributed by atoms with Crippen molar-refractivity contribution >= 4 is 38.4 Å². The van der Waals surface area contributed by atoms with Gasteiger partial charge in [-0.3, -0.25) is 14.5 Å². The SMILES string of the molecule is Cn1ccc(-c2ccc(Nc3cc(CC(=O)C4C[C@@H]4F)nc4c3N=C(C(F)F)C4)c(S(C)(=O)=O)c2)n1. The number of nitrogens with zero attached hydrogens (tertiary/aromatic N) is 4. The second-order valence-corrected chi connectivity index (χ2v) is 11.0. The number of pyridine rings is 1. The van der Waals surface area contributed by atoms with Gasteiger partial charge in [0.25, 0.3) is 6.43 Å². The van der Waals surface area contributed by atoms with Crippen LogP contribution in [0.1, 0.15) is 17.8 Å². The van der Waals surface area contributed by atoms with Crippen LogP contribution in [0, 0.1) is 5.92 Å². The van der Waals surface area contributed by atoms with Gasteiger partial charge in [-0.2, -0.15) is 5.10 Å². The number of sulfone groups is 1. The van der Waals surface area contributed by atoms with Crippen LogP contribution in [0.3, 0.4) is 0 Å². The number of nitrogens with one attached hydrogen (secondary N) is 1. The Kier molecular flexibility index (Phi) is 5.93. The quantitative estimate of drug-likeness (QED) is 0.484. The van der Waals surface area contributed by atoms with Crippen LogP contribution in [0.15, 0.2) is 46.4 Å². The Labute approximate surface area is 205 Å². The normalized spacial score (nSPS) is 18.8. The molecule has 1 fully saturated rings. The van der Waals surface area contributed by atoms with Crippen molar-refractivity contribution in [3.63, 3.8) is 0 Å². The summed E-state index contributed by atoms with van der Waals surface area (Å²) in [7, 11) is -1.97. The van der Waals surface area contributed by atoms with E-state index in [1.54, 1.807) is 36.1 Å². The lowest BCUT2D eigenvalue weighted by atomic mass is 10.1. The van der Waals surface area contributed by atoms with Gasteiger partial charge in [-0.05, 0) is 30.7 Å². The highest BCUT2D eigenvalue weighted by atomic mass is 32.2. The van der Waals surface area contributed by atoms with Crippen LogP contribution in [-0.2, 0) is 34.5 Å². The van der Waals surface area contributed by atoms with Crippen LogP contribution >= 0.6 is 0 Å². The number of benzene rings is 1. The maximum absolute atomic E-state index is 13.4. The maximum atomic E-state index is 13.4. The predicted octanol–water partition coefficient (Wildman–Crippen LogP) is 3.99. The molecule has 0 spiro atoms. The number of carbonyl (C=O) groups is 1. The molecule has 2 aromatic heterocycles. The number of halogens is 3. The summed E-state index contributed by atoms with van der Waals surface area (Å²) in [6.45, 7) is 0. The molecule has 2 aliphatic rings. The molecule has 1 unspecified atom stereocenters. The molecule has 5 rings (SSSR count). The number of carbonyl (C=O) groups excluding carboxylic acids is 1. The van der Waals surface area contributed by atoms with Crippen LogP contribution < -0.4 is 5.32 Å².